The Kier molecular flexibility index (Phi) is 3.95. The van der Waals surface area contributed by atoms with E-state index in [1.165, 1.54) is 6.07 Å². The van der Waals surface area contributed by atoms with Crippen molar-refractivity contribution in [3.05, 3.63) is 65.5 Å². The predicted molar refractivity (Wildman–Crippen MR) is 96.5 cm³/mol. The maximum absolute atomic E-state index is 14.0. The van der Waals surface area contributed by atoms with E-state index in [0.29, 0.717) is 34.2 Å². The highest BCUT2D eigenvalue weighted by Crippen LogP contribution is 2.35. The Balaban J connectivity index is 1.86. The van der Waals surface area contributed by atoms with E-state index in [9.17, 15) is 8.78 Å². The van der Waals surface area contributed by atoms with Gasteiger partial charge in [-0.25, -0.2) is 8.78 Å². The molecule has 0 radical (unpaired) electrons. The SMILES string of the molecule is Cc1cc(-c2cc(N)ccc2Oc2ccc(F)cc2F)nn2c(C)nnc12. The van der Waals surface area contributed by atoms with Gasteiger partial charge >= 0.3 is 0 Å². The van der Waals surface area contributed by atoms with Crippen LogP contribution >= 0.6 is 0 Å². The highest BCUT2D eigenvalue weighted by atomic mass is 19.1. The Bertz CT molecular complexity index is 1170. The minimum atomic E-state index is -0.799. The summed E-state index contributed by atoms with van der Waals surface area (Å²) in [6.07, 6.45) is 0. The van der Waals surface area contributed by atoms with Crippen molar-refractivity contribution in [1.82, 2.24) is 19.8 Å². The molecule has 0 amide bonds. The minimum Gasteiger partial charge on any atom is -0.454 e. The second kappa shape index (κ2) is 6.31. The first-order chi connectivity index (χ1) is 12.9. The highest BCUT2D eigenvalue weighted by Gasteiger charge is 2.15. The number of nitrogen functional groups attached to an aromatic ring is 1. The number of benzene rings is 2. The molecule has 4 aromatic rings. The summed E-state index contributed by atoms with van der Waals surface area (Å²) in [7, 11) is 0. The molecule has 0 fully saturated rings. The van der Waals surface area contributed by atoms with E-state index in [1.54, 1.807) is 29.6 Å². The van der Waals surface area contributed by atoms with Crippen LogP contribution in [0.2, 0.25) is 0 Å². The number of nitrogens with two attached hydrogens (primary N) is 1. The van der Waals surface area contributed by atoms with Crippen molar-refractivity contribution < 1.29 is 13.5 Å². The third-order valence-corrected chi connectivity index (χ3v) is 4.10. The fourth-order valence-corrected chi connectivity index (χ4v) is 2.77. The van der Waals surface area contributed by atoms with Crippen LogP contribution in [-0.4, -0.2) is 19.8 Å². The molecule has 6 nitrogen and oxygen atoms in total. The molecule has 0 unspecified atom stereocenters. The molecule has 0 spiro atoms. The van der Waals surface area contributed by atoms with Gasteiger partial charge in [0.15, 0.2) is 23.0 Å². The van der Waals surface area contributed by atoms with Crippen molar-refractivity contribution in [2.24, 2.45) is 0 Å². The number of anilines is 1. The van der Waals surface area contributed by atoms with Gasteiger partial charge in [0, 0.05) is 17.3 Å². The molecule has 0 saturated carbocycles. The molecule has 0 aliphatic heterocycles. The zero-order valence-corrected chi connectivity index (χ0v) is 14.6. The summed E-state index contributed by atoms with van der Waals surface area (Å²) in [6, 6.07) is 9.89. The van der Waals surface area contributed by atoms with Crippen LogP contribution < -0.4 is 10.5 Å². The van der Waals surface area contributed by atoms with Crippen LogP contribution in [0.3, 0.4) is 0 Å². The summed E-state index contributed by atoms with van der Waals surface area (Å²) >= 11 is 0. The summed E-state index contributed by atoms with van der Waals surface area (Å²) < 4.78 is 34.5. The smallest absolute Gasteiger partial charge is 0.180 e. The molecule has 2 aromatic heterocycles. The molecule has 0 aliphatic carbocycles. The monoisotopic (exact) mass is 367 g/mol. The van der Waals surface area contributed by atoms with Gasteiger partial charge in [-0.05, 0) is 55.8 Å². The number of nitrogens with zero attached hydrogens (tertiary/aromatic N) is 4. The first-order valence-electron chi connectivity index (χ1n) is 8.15. The average Bonchev–Trinajstić information content (AvgIpc) is 3.00. The van der Waals surface area contributed by atoms with Crippen LogP contribution in [0.4, 0.5) is 14.5 Å². The van der Waals surface area contributed by atoms with E-state index in [1.807, 2.05) is 13.0 Å². The number of rotatable bonds is 3. The molecule has 0 aliphatic rings. The van der Waals surface area contributed by atoms with E-state index >= 15 is 0 Å². The van der Waals surface area contributed by atoms with Gasteiger partial charge in [-0.2, -0.15) is 9.61 Å². The number of ether oxygens (including phenoxy) is 1. The van der Waals surface area contributed by atoms with Crippen molar-refractivity contribution in [3.63, 3.8) is 0 Å². The van der Waals surface area contributed by atoms with Gasteiger partial charge in [0.2, 0.25) is 0 Å². The summed E-state index contributed by atoms with van der Waals surface area (Å²) in [5.74, 6) is -0.603. The van der Waals surface area contributed by atoms with Crippen LogP contribution in [0, 0.1) is 25.5 Å². The van der Waals surface area contributed by atoms with E-state index in [4.69, 9.17) is 10.5 Å². The van der Waals surface area contributed by atoms with Gasteiger partial charge in [-0.1, -0.05) is 0 Å². The standard InChI is InChI=1S/C19H15F2N5O/c1-10-7-16(25-26-11(2)23-24-19(10)26)14-9-13(22)4-6-17(14)27-18-5-3-12(20)8-15(18)21/h3-9H,22H2,1-2H3. The molecule has 2 heterocycles. The number of aromatic nitrogens is 4. The molecular formula is C19H15F2N5O. The second-order valence-corrected chi connectivity index (χ2v) is 6.13. The fraction of sp³-hybridized carbons (Fsp3) is 0.105. The summed E-state index contributed by atoms with van der Waals surface area (Å²) in [5, 5.41) is 12.7. The van der Waals surface area contributed by atoms with Crippen LogP contribution in [0.15, 0.2) is 42.5 Å². The Morgan fingerprint density at radius 2 is 1.74 bits per heavy atom. The summed E-state index contributed by atoms with van der Waals surface area (Å²) in [6.45, 7) is 3.68. The topological polar surface area (TPSA) is 78.3 Å². The lowest BCUT2D eigenvalue weighted by Gasteiger charge is -2.13. The van der Waals surface area contributed by atoms with Crippen LogP contribution in [0.25, 0.3) is 16.9 Å². The first kappa shape index (κ1) is 16.9. The lowest BCUT2D eigenvalue weighted by molar-refractivity contribution is 0.439. The Morgan fingerprint density at radius 3 is 2.52 bits per heavy atom. The lowest BCUT2D eigenvalue weighted by Crippen LogP contribution is -2.01. The van der Waals surface area contributed by atoms with Gasteiger partial charge in [0.25, 0.3) is 0 Å². The molecule has 0 saturated heterocycles. The highest BCUT2D eigenvalue weighted by molar-refractivity contribution is 5.73. The average molecular weight is 367 g/mol. The molecule has 2 N–H and O–H groups in total. The van der Waals surface area contributed by atoms with E-state index < -0.39 is 11.6 Å². The van der Waals surface area contributed by atoms with Gasteiger partial charge in [-0.15, -0.1) is 10.2 Å². The number of hydrogen-bond acceptors (Lipinski definition) is 5. The van der Waals surface area contributed by atoms with Crippen LogP contribution in [-0.2, 0) is 0 Å². The number of halogens is 2. The van der Waals surface area contributed by atoms with E-state index in [0.717, 1.165) is 17.7 Å². The third-order valence-electron chi connectivity index (χ3n) is 4.10. The van der Waals surface area contributed by atoms with Crippen LogP contribution in [0.1, 0.15) is 11.4 Å². The minimum absolute atomic E-state index is 0.0966. The molecule has 136 valence electrons. The quantitative estimate of drug-likeness (QED) is 0.553. The van der Waals surface area contributed by atoms with Gasteiger partial charge < -0.3 is 10.5 Å². The van der Waals surface area contributed by atoms with Crippen molar-refractivity contribution in [3.8, 4) is 22.8 Å². The third kappa shape index (κ3) is 3.05. The number of aryl methyl sites for hydroxylation is 2. The molecule has 0 bridgehead atoms. The largest absolute Gasteiger partial charge is 0.454 e. The van der Waals surface area contributed by atoms with E-state index in [-0.39, 0.29) is 5.75 Å². The lowest BCUT2D eigenvalue weighted by atomic mass is 10.1. The van der Waals surface area contributed by atoms with Crippen molar-refractivity contribution in [1.29, 1.82) is 0 Å². The van der Waals surface area contributed by atoms with Gasteiger partial charge in [-0.3, -0.25) is 0 Å². The molecular weight excluding hydrogens is 352 g/mol. The second-order valence-electron chi connectivity index (χ2n) is 6.13. The molecule has 0 atom stereocenters. The van der Waals surface area contributed by atoms with Gasteiger partial charge in [0.1, 0.15) is 11.6 Å². The summed E-state index contributed by atoms with van der Waals surface area (Å²) in [4.78, 5) is 0. The maximum Gasteiger partial charge on any atom is 0.180 e. The Hall–Kier alpha value is -3.55. The Labute approximate surface area is 153 Å². The molecule has 27 heavy (non-hydrogen) atoms. The predicted octanol–water partition coefficient (Wildman–Crippen LogP) is 4.06. The van der Waals surface area contributed by atoms with Crippen molar-refractivity contribution in [2.45, 2.75) is 13.8 Å². The number of hydrogen-bond donors (Lipinski definition) is 1. The molecule has 8 heteroatoms. The normalized spacial score (nSPS) is 11.1. The zero-order valence-electron chi connectivity index (χ0n) is 14.6. The molecule has 2 aromatic carbocycles. The molecule has 4 rings (SSSR count). The van der Waals surface area contributed by atoms with Crippen molar-refractivity contribution >= 4 is 11.3 Å². The van der Waals surface area contributed by atoms with Crippen LogP contribution in [0.5, 0.6) is 11.5 Å². The Morgan fingerprint density at radius 1 is 0.963 bits per heavy atom. The van der Waals surface area contributed by atoms with Gasteiger partial charge in [0.05, 0.1) is 5.69 Å². The summed E-state index contributed by atoms with van der Waals surface area (Å²) in [5.41, 5.74) is 9.06. The number of fused-ring (bicyclic) bond motifs is 1. The first-order valence-corrected chi connectivity index (χ1v) is 8.15. The van der Waals surface area contributed by atoms with E-state index in [2.05, 4.69) is 15.3 Å². The zero-order chi connectivity index (χ0) is 19.1. The maximum atomic E-state index is 14.0. The van der Waals surface area contributed by atoms with Crippen molar-refractivity contribution in [2.75, 3.05) is 5.73 Å². The fourth-order valence-electron chi connectivity index (χ4n) is 2.77.